The number of aliphatic hydroxyl groups is 4. The molecule has 0 saturated carbocycles. The van der Waals surface area contributed by atoms with Crippen LogP contribution >= 0.6 is 0 Å². The van der Waals surface area contributed by atoms with Crippen molar-refractivity contribution in [3.05, 3.63) is 109 Å². The maximum Gasteiger partial charge on any atom is 0.328 e. The zero-order chi connectivity index (χ0) is 39.2. The molecule has 0 aromatic rings. The largest absolute Gasteiger partial charge is 0.512 e. The van der Waals surface area contributed by atoms with Crippen molar-refractivity contribution in [1.29, 1.82) is 0 Å². The van der Waals surface area contributed by atoms with Crippen molar-refractivity contribution in [2.75, 3.05) is 0 Å². The normalized spacial score (nSPS) is 34.5. The highest BCUT2D eigenvalue weighted by Gasteiger charge is 2.45. The van der Waals surface area contributed by atoms with Crippen LogP contribution in [0.1, 0.15) is 73.1 Å². The molecule has 5 N–H and O–H groups in total. The average Bonchev–Trinajstić information content (AvgIpc) is 3.49. The summed E-state index contributed by atoms with van der Waals surface area (Å²) in [6.07, 6.45) is 29.1. The SMILES string of the molecule is C/C(=C\[C@@H](C)[C@@H](C)O)[C@H]1CC=C[C@H](C/C=C/CC/C=C/[C@H](O)[C@@H](O)[C@H]2C=C(O)C(C)C(C/C=C/[C@@H]3O[C@H]4CC(O[C@@H]4/C=C/C=C\C=C/C(=O)O)C3C)O2)O1. The van der Waals surface area contributed by atoms with Gasteiger partial charge in [0.25, 0.3) is 0 Å². The van der Waals surface area contributed by atoms with E-state index in [1.807, 2.05) is 44.2 Å². The zero-order valence-corrected chi connectivity index (χ0v) is 32.3. The lowest BCUT2D eigenvalue weighted by Crippen LogP contribution is -2.43. The molecule has 4 aliphatic heterocycles. The molecular weight excluding hydrogens is 688 g/mol. The molecule has 0 radical (unpaired) electrons. The Morgan fingerprint density at radius 3 is 2.39 bits per heavy atom. The summed E-state index contributed by atoms with van der Waals surface area (Å²) >= 11 is 0. The molecule has 0 amide bonds. The highest BCUT2D eigenvalue weighted by atomic mass is 16.6. The predicted octanol–water partition coefficient (Wildman–Crippen LogP) is 6.77. The van der Waals surface area contributed by atoms with E-state index < -0.39 is 36.5 Å². The number of fused-ring (bicyclic) bond motifs is 2. The van der Waals surface area contributed by atoms with Crippen LogP contribution in [0.5, 0.6) is 0 Å². The van der Waals surface area contributed by atoms with Crippen molar-refractivity contribution in [3.63, 3.8) is 0 Å². The minimum atomic E-state index is -1.25. The van der Waals surface area contributed by atoms with E-state index in [0.29, 0.717) is 12.8 Å². The van der Waals surface area contributed by atoms with E-state index in [2.05, 4.69) is 44.2 Å². The molecule has 4 aliphatic rings. The Kier molecular flexibility index (Phi) is 17.4. The smallest absolute Gasteiger partial charge is 0.328 e. The Bertz CT molecular complexity index is 1470. The van der Waals surface area contributed by atoms with Gasteiger partial charge in [-0.05, 0) is 57.6 Å². The summed E-state index contributed by atoms with van der Waals surface area (Å²) in [5, 5.41) is 50.9. The van der Waals surface area contributed by atoms with E-state index in [1.165, 1.54) is 12.2 Å². The predicted molar refractivity (Wildman–Crippen MR) is 210 cm³/mol. The molecule has 4 rings (SSSR count). The summed E-state index contributed by atoms with van der Waals surface area (Å²) in [4.78, 5) is 10.6. The molecule has 0 spiro atoms. The van der Waals surface area contributed by atoms with Crippen LogP contribution in [0, 0.1) is 17.8 Å². The standard InChI is InChI=1S/C44H62O10/c1-28(32(5)45)25-29(2)36-21-15-18-33(51-36)17-11-7-6-8-12-19-34(46)44(50)42-26-35(47)30(3)37(53-42)22-16-23-38-31(4)40-27-41(52-38)39(54-40)20-13-9-10-14-24-43(48)49/h7,9-16,18-20,23-26,28,30-34,36-42,44-47,50H,6,8,17,21-22,27H2,1-5H3,(H,48,49)/b10-9-,11-7+,19-12+,20-13+,23-16+,24-14-,29-25+/t28-,30?,31?,32-,33+,34+,36-,37?,38+,39-,40?,41+,42-,44-/m1/s1. The number of ether oxygens (including phenoxy) is 4. The molecule has 4 heterocycles. The molecule has 298 valence electrons. The number of aliphatic carboxylic acids is 1. The van der Waals surface area contributed by atoms with Gasteiger partial charge in [-0.2, -0.15) is 0 Å². The minimum absolute atomic E-state index is 0.00124. The van der Waals surface area contributed by atoms with Crippen LogP contribution in [0.2, 0.25) is 0 Å². The Morgan fingerprint density at radius 1 is 0.889 bits per heavy atom. The third-order valence-corrected chi connectivity index (χ3v) is 10.7. The maximum absolute atomic E-state index is 10.9. The highest BCUT2D eigenvalue weighted by Crippen LogP contribution is 2.38. The number of carboxylic acid groups (broad SMARTS) is 1. The van der Waals surface area contributed by atoms with Crippen LogP contribution in [0.3, 0.4) is 0 Å². The van der Waals surface area contributed by atoms with E-state index in [0.717, 1.165) is 37.3 Å². The van der Waals surface area contributed by atoms with Gasteiger partial charge in [-0.25, -0.2) is 4.79 Å². The van der Waals surface area contributed by atoms with Gasteiger partial charge in [-0.3, -0.25) is 0 Å². The van der Waals surface area contributed by atoms with Crippen LogP contribution in [0.4, 0.5) is 0 Å². The first-order chi connectivity index (χ1) is 25.8. The second-order valence-corrected chi connectivity index (χ2v) is 15.1. The van der Waals surface area contributed by atoms with Gasteiger partial charge in [0.1, 0.15) is 24.4 Å². The number of carbonyl (C=O) groups is 1. The summed E-state index contributed by atoms with van der Waals surface area (Å²) < 4.78 is 25.1. The molecule has 14 atom stereocenters. The van der Waals surface area contributed by atoms with E-state index in [4.69, 9.17) is 24.1 Å². The van der Waals surface area contributed by atoms with E-state index in [-0.39, 0.29) is 60.1 Å². The first-order valence-corrected chi connectivity index (χ1v) is 19.5. The second-order valence-electron chi connectivity index (χ2n) is 15.1. The number of carboxylic acids is 1. The summed E-state index contributed by atoms with van der Waals surface area (Å²) in [6, 6.07) is 0. The number of aliphatic hydroxyl groups excluding tert-OH is 4. The maximum atomic E-state index is 10.9. The van der Waals surface area contributed by atoms with Crippen molar-refractivity contribution in [2.45, 2.75) is 140 Å². The van der Waals surface area contributed by atoms with Gasteiger partial charge < -0.3 is 44.5 Å². The number of hydrogen-bond acceptors (Lipinski definition) is 9. The number of rotatable bonds is 18. The van der Waals surface area contributed by atoms with Crippen LogP contribution in [-0.2, 0) is 23.7 Å². The third-order valence-electron chi connectivity index (χ3n) is 10.7. The lowest BCUT2D eigenvalue weighted by molar-refractivity contribution is -0.131. The molecule has 0 aromatic carbocycles. The van der Waals surface area contributed by atoms with E-state index in [1.54, 1.807) is 25.2 Å². The Morgan fingerprint density at radius 2 is 1.63 bits per heavy atom. The van der Waals surface area contributed by atoms with Gasteiger partial charge in [-0.15, -0.1) is 0 Å². The molecule has 0 aliphatic carbocycles. The van der Waals surface area contributed by atoms with Gasteiger partial charge in [-0.1, -0.05) is 106 Å². The molecule has 2 fully saturated rings. The van der Waals surface area contributed by atoms with Crippen molar-refractivity contribution in [1.82, 2.24) is 0 Å². The topological polar surface area (TPSA) is 155 Å². The highest BCUT2D eigenvalue weighted by molar-refractivity contribution is 5.80. The molecule has 0 aromatic heterocycles. The molecule has 10 heteroatoms. The van der Waals surface area contributed by atoms with E-state index in [9.17, 15) is 25.2 Å². The van der Waals surface area contributed by atoms with Gasteiger partial charge in [0, 0.05) is 30.3 Å². The molecular formula is C44H62O10. The number of unbranched alkanes of at least 4 members (excludes halogenated alkanes) is 1. The van der Waals surface area contributed by atoms with Crippen molar-refractivity contribution >= 4 is 5.97 Å². The number of allylic oxidation sites excluding steroid dienone is 6. The zero-order valence-electron chi connectivity index (χ0n) is 32.3. The van der Waals surface area contributed by atoms with Crippen LogP contribution in [0.15, 0.2) is 109 Å². The fourth-order valence-electron chi connectivity index (χ4n) is 7.04. The van der Waals surface area contributed by atoms with Crippen LogP contribution in [-0.4, -0.2) is 98.6 Å². The first-order valence-electron chi connectivity index (χ1n) is 19.5. The summed E-state index contributed by atoms with van der Waals surface area (Å²) in [5.74, 6) is -0.938. The quantitative estimate of drug-likeness (QED) is 0.0439. The third kappa shape index (κ3) is 13.2. The molecule has 2 saturated heterocycles. The average molecular weight is 751 g/mol. The minimum Gasteiger partial charge on any atom is -0.512 e. The lowest BCUT2D eigenvalue weighted by Gasteiger charge is -2.35. The first kappa shape index (κ1) is 43.4. The van der Waals surface area contributed by atoms with Crippen molar-refractivity contribution < 1.29 is 49.3 Å². The summed E-state index contributed by atoms with van der Waals surface area (Å²) in [7, 11) is 0. The fourth-order valence-corrected chi connectivity index (χ4v) is 7.04. The summed E-state index contributed by atoms with van der Waals surface area (Å²) in [5.41, 5.74) is 1.14. The fraction of sp³-hybridized carbons (Fsp3) is 0.568. The van der Waals surface area contributed by atoms with Crippen LogP contribution in [0.25, 0.3) is 0 Å². The Balaban J connectivity index is 1.19. The Labute approximate surface area is 321 Å². The van der Waals surface area contributed by atoms with Crippen LogP contribution < -0.4 is 0 Å². The van der Waals surface area contributed by atoms with Crippen molar-refractivity contribution in [2.24, 2.45) is 17.8 Å². The molecule has 4 unspecified atom stereocenters. The van der Waals surface area contributed by atoms with Crippen molar-refractivity contribution in [3.8, 4) is 0 Å². The molecule has 10 nitrogen and oxygen atoms in total. The molecule has 54 heavy (non-hydrogen) atoms. The Hall–Kier alpha value is -3.35. The monoisotopic (exact) mass is 750 g/mol. The van der Waals surface area contributed by atoms with Gasteiger partial charge >= 0.3 is 5.97 Å². The number of hydrogen-bond donors (Lipinski definition) is 5. The van der Waals surface area contributed by atoms with E-state index >= 15 is 0 Å². The molecule has 2 bridgehead atoms. The van der Waals surface area contributed by atoms with Gasteiger partial charge in [0.2, 0.25) is 0 Å². The van der Waals surface area contributed by atoms with Gasteiger partial charge in [0.15, 0.2) is 0 Å². The second kappa shape index (κ2) is 21.7. The lowest BCUT2D eigenvalue weighted by atomic mass is 9.90. The summed E-state index contributed by atoms with van der Waals surface area (Å²) in [6.45, 7) is 9.84. The van der Waals surface area contributed by atoms with Gasteiger partial charge in [0.05, 0.1) is 48.5 Å².